The molecule has 9 nitrogen and oxygen atoms in total. The van der Waals surface area contributed by atoms with Crippen LogP contribution in [0.15, 0.2) is 48.0 Å². The van der Waals surface area contributed by atoms with Crippen molar-refractivity contribution in [1.82, 2.24) is 4.90 Å². The maximum absolute atomic E-state index is 14.4. The van der Waals surface area contributed by atoms with E-state index in [0.717, 1.165) is 21.4 Å². The van der Waals surface area contributed by atoms with Gasteiger partial charge < -0.3 is 10.2 Å². The van der Waals surface area contributed by atoms with Gasteiger partial charge in [0.1, 0.15) is 11.6 Å². The van der Waals surface area contributed by atoms with Crippen molar-refractivity contribution >= 4 is 46.9 Å². The predicted molar refractivity (Wildman–Crippen MR) is 152 cm³/mol. The molecule has 0 spiro atoms. The Morgan fingerprint density at radius 2 is 1.84 bits per heavy atom. The number of carbonyl (C=O) groups is 5. The van der Waals surface area contributed by atoms with Crippen molar-refractivity contribution < 1.29 is 38.6 Å². The summed E-state index contributed by atoms with van der Waals surface area (Å²) in [5.41, 5.74) is 0.484. The molecule has 6 rings (SSSR count). The Hall–Kier alpha value is -4.05. The Bertz CT molecular complexity index is 1640. The van der Waals surface area contributed by atoms with E-state index in [1.807, 2.05) is 6.08 Å². The minimum absolute atomic E-state index is 0.0151. The van der Waals surface area contributed by atoms with Crippen LogP contribution in [-0.4, -0.2) is 51.3 Å². The van der Waals surface area contributed by atoms with Crippen molar-refractivity contribution in [2.24, 2.45) is 29.1 Å². The number of amides is 4. The molecule has 2 N–H and O–H groups in total. The highest BCUT2D eigenvalue weighted by atomic mass is 35.5. The molecule has 2 heterocycles. The van der Waals surface area contributed by atoms with E-state index >= 15 is 0 Å². The fourth-order valence-corrected chi connectivity index (χ4v) is 7.99. The van der Waals surface area contributed by atoms with Crippen molar-refractivity contribution in [2.75, 3.05) is 11.4 Å². The van der Waals surface area contributed by atoms with Crippen LogP contribution in [-0.2, 0) is 24.0 Å². The molecular weight excluding hydrogens is 579 g/mol. The molecule has 3 fully saturated rings. The fraction of sp³-hybridized carbons (Fsp3) is 0.406. The number of allylic oxidation sites excluding steroid dienone is 2. The number of fused-ring (bicyclic) bond motifs is 4. The van der Waals surface area contributed by atoms with Gasteiger partial charge in [-0.25, -0.2) is 9.29 Å². The van der Waals surface area contributed by atoms with Gasteiger partial charge in [-0.05, 0) is 62.8 Å². The average Bonchev–Trinajstić information content (AvgIpc) is 3.31. The summed E-state index contributed by atoms with van der Waals surface area (Å²) in [6, 6.07) is 8.82. The number of likely N-dealkylation sites (tertiary alicyclic amines) is 1. The summed E-state index contributed by atoms with van der Waals surface area (Å²) in [4.78, 5) is 68.9. The molecule has 11 heteroatoms. The molecule has 0 unspecified atom stereocenters. The van der Waals surface area contributed by atoms with Gasteiger partial charge in [0.2, 0.25) is 23.6 Å². The first-order valence-corrected chi connectivity index (χ1v) is 14.6. The highest BCUT2D eigenvalue weighted by Gasteiger charge is 2.67. The van der Waals surface area contributed by atoms with Gasteiger partial charge >= 0.3 is 5.97 Å². The van der Waals surface area contributed by atoms with E-state index in [2.05, 4.69) is 0 Å². The van der Waals surface area contributed by atoms with Gasteiger partial charge in [0.15, 0.2) is 0 Å². The number of aliphatic carboxylic acids is 1. The molecule has 2 aromatic rings. The Morgan fingerprint density at radius 1 is 1.09 bits per heavy atom. The number of phenolic OH excluding ortho intramolecular Hbond substituents is 1. The van der Waals surface area contributed by atoms with Gasteiger partial charge in [-0.2, -0.15) is 0 Å². The molecule has 43 heavy (non-hydrogen) atoms. The van der Waals surface area contributed by atoms with Crippen molar-refractivity contribution in [2.45, 2.75) is 45.4 Å². The number of para-hydroxylation sites is 1. The lowest BCUT2D eigenvalue weighted by Gasteiger charge is -2.49. The molecule has 1 saturated carbocycles. The number of aryl methyl sites for hydroxylation is 1. The highest BCUT2D eigenvalue weighted by molar-refractivity contribution is 6.31. The molecule has 0 aromatic heterocycles. The molecule has 4 amide bonds. The molecule has 2 aliphatic heterocycles. The molecule has 4 aliphatic rings. The van der Waals surface area contributed by atoms with Crippen molar-refractivity contribution in [3.63, 3.8) is 0 Å². The van der Waals surface area contributed by atoms with Crippen LogP contribution in [0, 0.1) is 41.8 Å². The number of rotatable bonds is 6. The van der Waals surface area contributed by atoms with E-state index in [9.17, 15) is 33.5 Å². The lowest BCUT2D eigenvalue weighted by molar-refractivity contribution is -0.142. The standard InChI is InChI=1S/C32H30ClFN2O7/c1-15-5-3-6-19(27(15)39)26-17-9-10-18-25(30(42)35(28(18)40)12-4-7-24(37)38)20(17)14-21-29(41)36(31(43)32(21,26)2)16-8-11-23(34)22(33)13-16/h3,5-6,8-9,11,13,18,20-21,25-26,39H,4,7,10,12,14H2,1-2H3,(H,37,38)/t18-,20+,21-,25-,26+,32+/m0/s1. The van der Waals surface area contributed by atoms with Gasteiger partial charge in [-0.1, -0.05) is 41.4 Å². The Balaban J connectivity index is 1.47. The summed E-state index contributed by atoms with van der Waals surface area (Å²) < 4.78 is 14.0. The summed E-state index contributed by atoms with van der Waals surface area (Å²) in [6.07, 6.45) is 2.17. The van der Waals surface area contributed by atoms with E-state index in [0.29, 0.717) is 11.1 Å². The van der Waals surface area contributed by atoms with Crippen molar-refractivity contribution in [3.05, 3.63) is 70.0 Å². The number of halogens is 2. The van der Waals surface area contributed by atoms with Crippen LogP contribution in [0.1, 0.15) is 49.7 Å². The van der Waals surface area contributed by atoms with E-state index < -0.39 is 64.5 Å². The first kappa shape index (κ1) is 29.0. The smallest absolute Gasteiger partial charge is 0.303 e. The van der Waals surface area contributed by atoms with Gasteiger partial charge in [-0.3, -0.25) is 28.9 Å². The molecule has 6 atom stereocenters. The quantitative estimate of drug-likeness (QED) is 0.362. The zero-order valence-corrected chi connectivity index (χ0v) is 24.3. The summed E-state index contributed by atoms with van der Waals surface area (Å²) in [7, 11) is 0. The van der Waals surface area contributed by atoms with Gasteiger partial charge in [0, 0.05) is 24.4 Å². The molecule has 224 valence electrons. The monoisotopic (exact) mass is 608 g/mol. The van der Waals surface area contributed by atoms with E-state index in [4.69, 9.17) is 16.7 Å². The third kappa shape index (κ3) is 4.21. The number of carboxylic acids is 1. The number of aromatic hydroxyl groups is 1. The van der Waals surface area contributed by atoms with Crippen LogP contribution in [0.25, 0.3) is 0 Å². The number of phenols is 1. The van der Waals surface area contributed by atoms with E-state index in [-0.39, 0.29) is 54.6 Å². The fourth-order valence-electron chi connectivity index (χ4n) is 7.82. The maximum Gasteiger partial charge on any atom is 0.303 e. The number of anilines is 1. The molecule has 0 radical (unpaired) electrons. The molecule has 2 aliphatic carbocycles. The number of carboxylic acid groups (broad SMARTS) is 1. The topological polar surface area (TPSA) is 132 Å². The highest BCUT2D eigenvalue weighted by Crippen LogP contribution is 2.64. The maximum atomic E-state index is 14.4. The van der Waals surface area contributed by atoms with Crippen LogP contribution in [0.3, 0.4) is 0 Å². The lowest BCUT2D eigenvalue weighted by atomic mass is 9.51. The minimum Gasteiger partial charge on any atom is -0.507 e. The Kier molecular flexibility index (Phi) is 6.95. The molecule has 2 aromatic carbocycles. The normalized spacial score (nSPS) is 29.9. The zero-order valence-electron chi connectivity index (χ0n) is 23.5. The summed E-state index contributed by atoms with van der Waals surface area (Å²) >= 11 is 6.02. The first-order chi connectivity index (χ1) is 20.4. The number of carbonyl (C=O) groups excluding carboxylic acids is 4. The number of hydrogen-bond donors (Lipinski definition) is 2. The zero-order chi connectivity index (χ0) is 31.0. The van der Waals surface area contributed by atoms with Crippen LogP contribution >= 0.6 is 11.6 Å². The van der Waals surface area contributed by atoms with Gasteiger partial charge in [0.05, 0.1) is 33.9 Å². The molecule has 0 bridgehead atoms. The third-order valence-electron chi connectivity index (χ3n) is 9.88. The number of imide groups is 2. The second-order valence-corrected chi connectivity index (χ2v) is 12.5. The average molecular weight is 609 g/mol. The largest absolute Gasteiger partial charge is 0.507 e. The summed E-state index contributed by atoms with van der Waals surface area (Å²) in [6.45, 7) is 3.41. The van der Waals surface area contributed by atoms with Crippen LogP contribution in [0.5, 0.6) is 5.75 Å². The van der Waals surface area contributed by atoms with Crippen LogP contribution < -0.4 is 4.90 Å². The molecular formula is C32H30ClFN2O7. The number of benzene rings is 2. The Morgan fingerprint density at radius 3 is 2.53 bits per heavy atom. The number of nitrogens with zero attached hydrogens (tertiary/aromatic N) is 2. The van der Waals surface area contributed by atoms with Gasteiger partial charge in [0.25, 0.3) is 0 Å². The SMILES string of the molecule is Cc1cccc([C@H]2C3=CC[C@@H]4C(=O)N(CCCC(=O)O)C(=O)[C@@H]4[C@@H]3C[C@H]3C(=O)N(c4ccc(F)c(Cl)c4)C(=O)[C@@]23C)c1O. The second kappa shape index (κ2) is 10.3. The predicted octanol–water partition coefficient (Wildman–Crippen LogP) is 4.59. The van der Waals surface area contributed by atoms with Crippen molar-refractivity contribution in [3.8, 4) is 5.75 Å². The van der Waals surface area contributed by atoms with Crippen LogP contribution in [0.4, 0.5) is 10.1 Å². The number of hydrogen-bond acceptors (Lipinski definition) is 6. The van der Waals surface area contributed by atoms with Crippen LogP contribution in [0.2, 0.25) is 5.02 Å². The first-order valence-electron chi connectivity index (χ1n) is 14.3. The third-order valence-corrected chi connectivity index (χ3v) is 10.2. The second-order valence-electron chi connectivity index (χ2n) is 12.1. The molecule has 2 saturated heterocycles. The van der Waals surface area contributed by atoms with E-state index in [1.165, 1.54) is 12.1 Å². The Labute approximate surface area is 251 Å². The summed E-state index contributed by atoms with van der Waals surface area (Å²) in [5.74, 6) is -7.31. The van der Waals surface area contributed by atoms with E-state index in [1.54, 1.807) is 32.0 Å². The van der Waals surface area contributed by atoms with Gasteiger partial charge in [-0.15, -0.1) is 0 Å². The lowest BCUT2D eigenvalue weighted by Crippen LogP contribution is -2.49. The summed E-state index contributed by atoms with van der Waals surface area (Å²) in [5, 5.41) is 20.1. The van der Waals surface area contributed by atoms with Crippen molar-refractivity contribution in [1.29, 1.82) is 0 Å². The minimum atomic E-state index is -1.37.